The van der Waals surface area contributed by atoms with Gasteiger partial charge in [-0.3, -0.25) is 0 Å². The first-order chi connectivity index (χ1) is 6.84. The Labute approximate surface area is 90.3 Å². The second-order valence-electron chi connectivity index (χ2n) is 3.51. The molecular weight excluding hydrogens is 242 g/mol. The molecule has 3 rings (SSSR count). The number of hydrogen-bond donors (Lipinski definition) is 1. The average Bonchev–Trinajstić information content (AvgIpc) is 2.54. The van der Waals surface area contributed by atoms with E-state index < -0.39 is 0 Å². The Hall–Kier alpha value is -0.870. The van der Waals surface area contributed by atoms with E-state index in [-0.39, 0.29) is 0 Å². The van der Waals surface area contributed by atoms with E-state index in [0.717, 1.165) is 29.6 Å². The van der Waals surface area contributed by atoms with Gasteiger partial charge in [0.15, 0.2) is 0 Å². The third kappa shape index (κ3) is 1.18. The number of halogens is 1. The van der Waals surface area contributed by atoms with E-state index in [4.69, 9.17) is 0 Å². The van der Waals surface area contributed by atoms with Crippen LogP contribution >= 0.6 is 15.9 Å². The smallest absolute Gasteiger partial charge is 0.138 e. The summed E-state index contributed by atoms with van der Waals surface area (Å²) in [5.74, 6) is 0. The Morgan fingerprint density at radius 3 is 3.36 bits per heavy atom. The summed E-state index contributed by atoms with van der Waals surface area (Å²) in [5, 5.41) is 3.36. The largest absolute Gasteiger partial charge is 0.311 e. The molecule has 3 heterocycles. The summed E-state index contributed by atoms with van der Waals surface area (Å²) in [4.78, 5) is 4.61. The lowest BCUT2D eigenvalue weighted by Gasteiger charge is -2.11. The van der Waals surface area contributed by atoms with Crippen molar-refractivity contribution in [2.24, 2.45) is 0 Å². The van der Waals surface area contributed by atoms with E-state index in [9.17, 15) is 0 Å². The first kappa shape index (κ1) is 8.44. The van der Waals surface area contributed by atoms with E-state index in [1.807, 2.05) is 6.07 Å². The first-order valence-corrected chi connectivity index (χ1v) is 5.50. The molecule has 0 radical (unpaired) electrons. The summed E-state index contributed by atoms with van der Waals surface area (Å²) in [5.41, 5.74) is 3.58. The minimum atomic E-state index is 0.929. The van der Waals surface area contributed by atoms with Crippen LogP contribution in [-0.2, 0) is 13.0 Å². The van der Waals surface area contributed by atoms with Crippen LogP contribution in [0.15, 0.2) is 22.8 Å². The lowest BCUT2D eigenvalue weighted by molar-refractivity contribution is 0.621. The first-order valence-electron chi connectivity index (χ1n) is 4.71. The Kier molecular flexibility index (Phi) is 1.85. The zero-order valence-corrected chi connectivity index (χ0v) is 9.21. The Bertz CT molecular complexity index is 489. The van der Waals surface area contributed by atoms with Gasteiger partial charge in [0.1, 0.15) is 5.65 Å². The van der Waals surface area contributed by atoms with E-state index in [1.54, 1.807) is 0 Å². The predicted octanol–water partition coefficient (Wildman–Crippen LogP) is 1.74. The van der Waals surface area contributed by atoms with Crippen molar-refractivity contribution in [1.29, 1.82) is 0 Å². The van der Waals surface area contributed by atoms with Crippen LogP contribution in [0, 0.1) is 0 Å². The molecule has 1 N–H and O–H groups in total. The van der Waals surface area contributed by atoms with Gasteiger partial charge >= 0.3 is 0 Å². The van der Waals surface area contributed by atoms with Gasteiger partial charge in [0, 0.05) is 30.2 Å². The Balaban J connectivity index is 2.31. The number of nitrogens with zero attached hydrogens (tertiary/aromatic N) is 2. The molecule has 1 aliphatic rings. The number of nitrogens with one attached hydrogen (secondary N) is 1. The van der Waals surface area contributed by atoms with Crippen molar-refractivity contribution in [3.8, 4) is 0 Å². The molecule has 2 aromatic rings. The van der Waals surface area contributed by atoms with Gasteiger partial charge < -0.3 is 9.72 Å². The van der Waals surface area contributed by atoms with Gasteiger partial charge in [-0.25, -0.2) is 4.98 Å². The van der Waals surface area contributed by atoms with Crippen LogP contribution < -0.4 is 5.32 Å². The Morgan fingerprint density at radius 1 is 1.50 bits per heavy atom. The van der Waals surface area contributed by atoms with Crippen molar-refractivity contribution in [3.63, 3.8) is 0 Å². The molecular formula is C10H10BrN3. The Morgan fingerprint density at radius 2 is 2.43 bits per heavy atom. The second kappa shape index (κ2) is 3.07. The molecule has 0 saturated carbocycles. The zero-order valence-electron chi connectivity index (χ0n) is 7.63. The van der Waals surface area contributed by atoms with E-state index >= 15 is 0 Å². The maximum atomic E-state index is 4.61. The number of pyridine rings is 1. The number of fused-ring (bicyclic) bond motifs is 3. The predicted molar refractivity (Wildman–Crippen MR) is 58.3 cm³/mol. The van der Waals surface area contributed by atoms with Crippen LogP contribution in [-0.4, -0.2) is 15.9 Å². The quantitative estimate of drug-likeness (QED) is 0.773. The molecule has 1 aliphatic heterocycles. The normalized spacial score (nSPS) is 15.8. The highest BCUT2D eigenvalue weighted by atomic mass is 79.9. The van der Waals surface area contributed by atoms with Crippen LogP contribution in [0.1, 0.15) is 11.4 Å². The van der Waals surface area contributed by atoms with Crippen LogP contribution in [0.25, 0.3) is 5.65 Å². The van der Waals surface area contributed by atoms with Gasteiger partial charge in [-0.2, -0.15) is 0 Å². The van der Waals surface area contributed by atoms with E-state index in [0.29, 0.717) is 0 Å². The standard InChI is InChI=1S/C10H10BrN3/c11-7-2-4-14-9-6-12-3-1-8(9)13-10(14)5-7/h2,4-5,12H,1,3,6H2. The molecule has 0 bridgehead atoms. The summed E-state index contributed by atoms with van der Waals surface area (Å²) in [6.07, 6.45) is 3.10. The second-order valence-corrected chi connectivity index (χ2v) is 4.42. The third-order valence-electron chi connectivity index (χ3n) is 2.60. The fraction of sp³-hybridized carbons (Fsp3) is 0.300. The molecule has 0 spiro atoms. The topological polar surface area (TPSA) is 29.3 Å². The highest BCUT2D eigenvalue weighted by Gasteiger charge is 2.14. The maximum absolute atomic E-state index is 4.61. The number of aromatic nitrogens is 2. The molecule has 72 valence electrons. The van der Waals surface area contributed by atoms with Crippen molar-refractivity contribution in [3.05, 3.63) is 34.2 Å². The van der Waals surface area contributed by atoms with Gasteiger partial charge in [-0.15, -0.1) is 0 Å². The van der Waals surface area contributed by atoms with Crippen molar-refractivity contribution in [1.82, 2.24) is 14.7 Å². The van der Waals surface area contributed by atoms with Crippen LogP contribution in [0.2, 0.25) is 0 Å². The van der Waals surface area contributed by atoms with Gasteiger partial charge in [-0.05, 0) is 12.1 Å². The summed E-state index contributed by atoms with van der Waals surface area (Å²) in [7, 11) is 0. The molecule has 0 atom stereocenters. The summed E-state index contributed by atoms with van der Waals surface area (Å²) >= 11 is 3.46. The summed E-state index contributed by atoms with van der Waals surface area (Å²) in [6.45, 7) is 1.97. The maximum Gasteiger partial charge on any atom is 0.138 e. The fourth-order valence-electron chi connectivity index (χ4n) is 1.92. The minimum Gasteiger partial charge on any atom is -0.311 e. The number of imidazole rings is 1. The minimum absolute atomic E-state index is 0.929. The molecule has 0 unspecified atom stereocenters. The van der Waals surface area contributed by atoms with Crippen molar-refractivity contribution in [2.75, 3.05) is 6.54 Å². The van der Waals surface area contributed by atoms with Gasteiger partial charge in [0.05, 0.1) is 11.4 Å². The highest BCUT2D eigenvalue weighted by molar-refractivity contribution is 9.10. The van der Waals surface area contributed by atoms with Crippen LogP contribution in [0.4, 0.5) is 0 Å². The average molecular weight is 252 g/mol. The lowest BCUT2D eigenvalue weighted by Crippen LogP contribution is -2.24. The third-order valence-corrected chi connectivity index (χ3v) is 3.09. The molecule has 0 fully saturated rings. The van der Waals surface area contributed by atoms with Crippen molar-refractivity contribution >= 4 is 21.6 Å². The van der Waals surface area contributed by atoms with E-state index in [2.05, 4.69) is 42.9 Å². The molecule has 3 nitrogen and oxygen atoms in total. The number of rotatable bonds is 0. The lowest BCUT2D eigenvalue weighted by atomic mass is 10.2. The van der Waals surface area contributed by atoms with E-state index in [1.165, 1.54) is 11.4 Å². The zero-order chi connectivity index (χ0) is 9.54. The highest BCUT2D eigenvalue weighted by Crippen LogP contribution is 2.19. The van der Waals surface area contributed by atoms with Crippen molar-refractivity contribution < 1.29 is 0 Å². The van der Waals surface area contributed by atoms with Gasteiger partial charge in [0.2, 0.25) is 0 Å². The molecule has 0 amide bonds. The number of hydrogen-bond acceptors (Lipinski definition) is 2. The SMILES string of the molecule is Brc1ccn2c3c(nc2c1)CCNC3. The fourth-order valence-corrected chi connectivity index (χ4v) is 2.24. The van der Waals surface area contributed by atoms with Crippen molar-refractivity contribution in [2.45, 2.75) is 13.0 Å². The monoisotopic (exact) mass is 251 g/mol. The van der Waals surface area contributed by atoms with Gasteiger partial charge in [-0.1, -0.05) is 15.9 Å². The molecule has 4 heteroatoms. The molecule has 0 saturated heterocycles. The summed E-state index contributed by atoms with van der Waals surface area (Å²) < 4.78 is 3.24. The van der Waals surface area contributed by atoms with Gasteiger partial charge in [0.25, 0.3) is 0 Å². The molecule has 14 heavy (non-hydrogen) atoms. The van der Waals surface area contributed by atoms with Crippen LogP contribution in [0.3, 0.4) is 0 Å². The van der Waals surface area contributed by atoms with Crippen LogP contribution in [0.5, 0.6) is 0 Å². The summed E-state index contributed by atoms with van der Waals surface area (Å²) in [6, 6.07) is 4.10. The molecule has 0 aliphatic carbocycles. The molecule has 2 aromatic heterocycles. The molecule has 0 aromatic carbocycles.